The summed E-state index contributed by atoms with van der Waals surface area (Å²) in [5, 5.41) is 14.3. The molecular formula is C14H28N4O2. The predicted octanol–water partition coefficient (Wildman–Crippen LogP) is 2.58. The standard InChI is InChI=1S/C14H28N4O2/c1-5-6-9-19-10-7-8-15-13-18-17-12(20-13)11-16-14(2,3)4/h16H,5-11H2,1-4H3,(H,15,18). The van der Waals surface area contributed by atoms with Gasteiger partial charge in [0, 0.05) is 25.3 Å². The number of unbranched alkanes of at least 4 members (excludes halogenated alkanes) is 1. The zero-order chi connectivity index (χ0) is 14.8. The van der Waals surface area contributed by atoms with E-state index >= 15 is 0 Å². The third-order valence-corrected chi connectivity index (χ3v) is 2.62. The second kappa shape index (κ2) is 8.92. The summed E-state index contributed by atoms with van der Waals surface area (Å²) in [5.41, 5.74) is 0.0396. The number of hydrogen-bond donors (Lipinski definition) is 2. The molecule has 1 aromatic rings. The second-order valence-corrected chi connectivity index (χ2v) is 5.85. The third-order valence-electron chi connectivity index (χ3n) is 2.62. The van der Waals surface area contributed by atoms with Crippen molar-refractivity contribution in [1.29, 1.82) is 0 Å². The average molecular weight is 284 g/mol. The van der Waals surface area contributed by atoms with Crippen molar-refractivity contribution in [3.63, 3.8) is 0 Å². The van der Waals surface area contributed by atoms with Gasteiger partial charge in [-0.05, 0) is 33.6 Å². The Balaban J connectivity index is 2.11. The predicted molar refractivity (Wildman–Crippen MR) is 79.7 cm³/mol. The van der Waals surface area contributed by atoms with E-state index in [-0.39, 0.29) is 5.54 Å². The Morgan fingerprint density at radius 2 is 1.90 bits per heavy atom. The fraction of sp³-hybridized carbons (Fsp3) is 0.857. The molecule has 1 aromatic heterocycles. The van der Waals surface area contributed by atoms with Gasteiger partial charge in [0.25, 0.3) is 0 Å². The van der Waals surface area contributed by atoms with Gasteiger partial charge in [-0.25, -0.2) is 0 Å². The van der Waals surface area contributed by atoms with Crippen molar-refractivity contribution in [1.82, 2.24) is 15.5 Å². The van der Waals surface area contributed by atoms with Crippen LogP contribution in [0, 0.1) is 0 Å². The minimum absolute atomic E-state index is 0.0396. The summed E-state index contributed by atoms with van der Waals surface area (Å²) in [7, 11) is 0. The first-order valence-corrected chi connectivity index (χ1v) is 7.40. The molecule has 0 atom stereocenters. The van der Waals surface area contributed by atoms with Gasteiger partial charge in [-0.1, -0.05) is 18.4 Å². The first-order chi connectivity index (χ1) is 9.51. The molecule has 20 heavy (non-hydrogen) atoms. The number of rotatable bonds is 10. The fourth-order valence-electron chi connectivity index (χ4n) is 1.46. The molecule has 6 nitrogen and oxygen atoms in total. The molecule has 6 heteroatoms. The van der Waals surface area contributed by atoms with Gasteiger partial charge in [0.05, 0.1) is 6.54 Å². The number of anilines is 1. The zero-order valence-electron chi connectivity index (χ0n) is 13.2. The van der Waals surface area contributed by atoms with Gasteiger partial charge in [-0.3, -0.25) is 0 Å². The summed E-state index contributed by atoms with van der Waals surface area (Å²) in [4.78, 5) is 0. The highest BCUT2D eigenvalue weighted by Crippen LogP contribution is 2.07. The van der Waals surface area contributed by atoms with E-state index in [0.717, 1.165) is 32.6 Å². The van der Waals surface area contributed by atoms with E-state index in [1.165, 1.54) is 6.42 Å². The Morgan fingerprint density at radius 1 is 1.15 bits per heavy atom. The van der Waals surface area contributed by atoms with E-state index < -0.39 is 0 Å². The van der Waals surface area contributed by atoms with Gasteiger partial charge in [-0.15, -0.1) is 5.10 Å². The number of ether oxygens (including phenoxy) is 1. The third kappa shape index (κ3) is 8.12. The van der Waals surface area contributed by atoms with Crippen molar-refractivity contribution in [2.75, 3.05) is 25.1 Å². The molecule has 0 radical (unpaired) electrons. The maximum atomic E-state index is 5.49. The number of nitrogens with one attached hydrogen (secondary N) is 2. The lowest BCUT2D eigenvalue weighted by atomic mass is 10.1. The molecular weight excluding hydrogens is 256 g/mol. The molecule has 0 spiro atoms. The van der Waals surface area contributed by atoms with Crippen LogP contribution in [0.2, 0.25) is 0 Å². The summed E-state index contributed by atoms with van der Waals surface area (Å²) < 4.78 is 11.0. The molecule has 0 aliphatic heterocycles. The van der Waals surface area contributed by atoms with Crippen LogP contribution in [-0.2, 0) is 11.3 Å². The van der Waals surface area contributed by atoms with E-state index in [0.29, 0.717) is 18.5 Å². The summed E-state index contributed by atoms with van der Waals surface area (Å²) in [6.07, 6.45) is 3.23. The molecule has 0 amide bonds. The van der Waals surface area contributed by atoms with Crippen molar-refractivity contribution < 1.29 is 9.15 Å². The lowest BCUT2D eigenvalue weighted by Crippen LogP contribution is -2.35. The summed E-state index contributed by atoms with van der Waals surface area (Å²) in [5.74, 6) is 0.599. The van der Waals surface area contributed by atoms with Crippen LogP contribution in [-0.4, -0.2) is 35.5 Å². The fourth-order valence-corrected chi connectivity index (χ4v) is 1.46. The van der Waals surface area contributed by atoms with Crippen LogP contribution in [0.25, 0.3) is 0 Å². The quantitative estimate of drug-likeness (QED) is 0.643. The van der Waals surface area contributed by atoms with Crippen LogP contribution in [0.1, 0.15) is 52.8 Å². The molecule has 0 unspecified atom stereocenters. The van der Waals surface area contributed by atoms with Gasteiger partial charge in [0.2, 0.25) is 5.89 Å². The van der Waals surface area contributed by atoms with E-state index in [1.54, 1.807) is 0 Å². The Kier molecular flexibility index (Phi) is 7.54. The number of hydrogen-bond acceptors (Lipinski definition) is 6. The first-order valence-electron chi connectivity index (χ1n) is 7.40. The van der Waals surface area contributed by atoms with Gasteiger partial charge in [0.15, 0.2) is 0 Å². The number of aromatic nitrogens is 2. The molecule has 0 aliphatic rings. The molecule has 0 aromatic carbocycles. The SMILES string of the molecule is CCCCOCCCNc1nnc(CNC(C)(C)C)o1. The minimum atomic E-state index is 0.0396. The van der Waals surface area contributed by atoms with Gasteiger partial charge >= 0.3 is 6.01 Å². The maximum absolute atomic E-state index is 5.49. The molecule has 2 N–H and O–H groups in total. The molecule has 116 valence electrons. The zero-order valence-corrected chi connectivity index (χ0v) is 13.2. The monoisotopic (exact) mass is 284 g/mol. The van der Waals surface area contributed by atoms with Crippen molar-refractivity contribution in [3.05, 3.63) is 5.89 Å². The van der Waals surface area contributed by atoms with Crippen molar-refractivity contribution in [2.24, 2.45) is 0 Å². The largest absolute Gasteiger partial charge is 0.407 e. The smallest absolute Gasteiger partial charge is 0.315 e. The van der Waals surface area contributed by atoms with Gasteiger partial charge in [-0.2, -0.15) is 0 Å². The van der Waals surface area contributed by atoms with Gasteiger partial charge < -0.3 is 19.8 Å². The number of nitrogens with zero attached hydrogens (tertiary/aromatic N) is 2. The van der Waals surface area contributed by atoms with Crippen LogP contribution < -0.4 is 10.6 Å². The van der Waals surface area contributed by atoms with Crippen molar-refractivity contribution in [3.8, 4) is 0 Å². The van der Waals surface area contributed by atoms with Crippen LogP contribution in [0.15, 0.2) is 4.42 Å². The molecule has 0 saturated heterocycles. The highest BCUT2D eigenvalue weighted by atomic mass is 16.5. The Hall–Kier alpha value is -1.14. The highest BCUT2D eigenvalue weighted by molar-refractivity contribution is 5.16. The average Bonchev–Trinajstić information content (AvgIpc) is 2.82. The Morgan fingerprint density at radius 3 is 2.60 bits per heavy atom. The molecule has 0 aliphatic carbocycles. The van der Waals surface area contributed by atoms with E-state index in [1.807, 2.05) is 0 Å². The molecule has 1 heterocycles. The lowest BCUT2D eigenvalue weighted by Gasteiger charge is -2.18. The topological polar surface area (TPSA) is 72.2 Å². The van der Waals surface area contributed by atoms with Crippen LogP contribution >= 0.6 is 0 Å². The van der Waals surface area contributed by atoms with Gasteiger partial charge in [0.1, 0.15) is 0 Å². The minimum Gasteiger partial charge on any atom is -0.407 e. The summed E-state index contributed by atoms with van der Waals surface area (Å²) in [6.45, 7) is 11.4. The van der Waals surface area contributed by atoms with Crippen LogP contribution in [0.4, 0.5) is 6.01 Å². The highest BCUT2D eigenvalue weighted by Gasteiger charge is 2.11. The van der Waals surface area contributed by atoms with E-state index in [4.69, 9.17) is 9.15 Å². The molecule has 0 saturated carbocycles. The van der Waals surface area contributed by atoms with Crippen LogP contribution in [0.3, 0.4) is 0 Å². The summed E-state index contributed by atoms with van der Waals surface area (Å²) in [6, 6.07) is 0.476. The first kappa shape index (κ1) is 16.9. The molecule has 1 rings (SSSR count). The normalized spacial score (nSPS) is 11.8. The second-order valence-electron chi connectivity index (χ2n) is 5.85. The Labute approximate surface area is 121 Å². The molecule has 0 fully saturated rings. The van der Waals surface area contributed by atoms with E-state index in [9.17, 15) is 0 Å². The van der Waals surface area contributed by atoms with Crippen LogP contribution in [0.5, 0.6) is 0 Å². The van der Waals surface area contributed by atoms with E-state index in [2.05, 4.69) is 48.5 Å². The lowest BCUT2D eigenvalue weighted by molar-refractivity contribution is 0.131. The molecule has 0 bridgehead atoms. The van der Waals surface area contributed by atoms with Crippen molar-refractivity contribution in [2.45, 2.75) is 59.0 Å². The summed E-state index contributed by atoms with van der Waals surface area (Å²) >= 11 is 0. The van der Waals surface area contributed by atoms with Crippen molar-refractivity contribution >= 4 is 6.01 Å². The Bertz CT molecular complexity index is 360. The maximum Gasteiger partial charge on any atom is 0.315 e.